The van der Waals surface area contributed by atoms with Crippen molar-refractivity contribution >= 4 is 46.0 Å². The average molecular weight is 512 g/mol. The van der Waals surface area contributed by atoms with Crippen LogP contribution in [0, 0.1) is 6.92 Å². The van der Waals surface area contributed by atoms with Crippen molar-refractivity contribution in [1.29, 1.82) is 0 Å². The van der Waals surface area contributed by atoms with E-state index in [1.54, 1.807) is 12.1 Å². The normalized spacial score (nSPS) is 11.0. The number of carbonyl (C=O) groups excluding carboxylic acids is 2. The van der Waals surface area contributed by atoms with Crippen LogP contribution in [0.4, 0.5) is 22.9 Å². The number of likely N-dealkylation sites (N-methyl/N-ethyl adjacent to an activating group) is 2. The number of nitrogens with one attached hydrogen (secondary N) is 2. The molecule has 38 heavy (non-hydrogen) atoms. The van der Waals surface area contributed by atoms with Gasteiger partial charge in [0.05, 0.1) is 22.8 Å². The van der Waals surface area contributed by atoms with E-state index in [0.717, 1.165) is 40.7 Å². The summed E-state index contributed by atoms with van der Waals surface area (Å²) in [6.07, 6.45) is 4.06. The lowest BCUT2D eigenvalue weighted by Crippen LogP contribution is -2.29. The first-order valence-corrected chi connectivity index (χ1v) is 12.3. The second kappa shape index (κ2) is 11.3. The molecule has 0 saturated carbocycles. The molecule has 0 atom stereocenters. The molecule has 0 fully saturated rings. The highest BCUT2D eigenvalue weighted by Gasteiger charge is 2.17. The molecule has 4 rings (SSSR count). The molecule has 1 amide bonds. The van der Waals surface area contributed by atoms with Crippen molar-refractivity contribution < 1.29 is 9.59 Å². The minimum absolute atomic E-state index is 0.340. The number of para-hydroxylation sites is 1. The molecule has 2 N–H and O–H groups in total. The Hall–Kier alpha value is -4.50. The van der Waals surface area contributed by atoms with E-state index in [2.05, 4.69) is 48.8 Å². The molecule has 0 spiro atoms. The second-order valence-corrected chi connectivity index (χ2v) is 9.47. The monoisotopic (exact) mass is 511 g/mol. The van der Waals surface area contributed by atoms with E-state index >= 15 is 0 Å². The fourth-order valence-electron chi connectivity index (χ4n) is 4.33. The van der Waals surface area contributed by atoms with Gasteiger partial charge < -0.3 is 25.0 Å². The summed E-state index contributed by atoms with van der Waals surface area (Å²) >= 11 is 0. The van der Waals surface area contributed by atoms with Crippen LogP contribution in [0.2, 0.25) is 0 Å². The van der Waals surface area contributed by atoms with Crippen molar-refractivity contribution in [3.63, 3.8) is 0 Å². The van der Waals surface area contributed by atoms with Crippen LogP contribution in [0.5, 0.6) is 0 Å². The van der Waals surface area contributed by atoms with Crippen LogP contribution in [0.25, 0.3) is 22.2 Å². The Labute approximate surface area is 222 Å². The molecule has 0 aliphatic carbocycles. The number of nitrogens with zero attached hydrogens (tertiary/aromatic N) is 5. The number of anilines is 4. The number of amides is 1. The van der Waals surface area contributed by atoms with E-state index in [4.69, 9.17) is 0 Å². The molecule has 4 aromatic rings. The molecule has 196 valence electrons. The van der Waals surface area contributed by atoms with E-state index in [1.807, 2.05) is 64.4 Å². The Morgan fingerprint density at radius 3 is 2.55 bits per heavy atom. The Morgan fingerprint density at radius 2 is 1.84 bits per heavy atom. The van der Waals surface area contributed by atoms with Crippen molar-refractivity contribution in [3.05, 3.63) is 72.7 Å². The molecule has 2 aromatic carbocycles. The van der Waals surface area contributed by atoms with Crippen LogP contribution in [0.1, 0.15) is 16.2 Å². The molecular weight excluding hydrogens is 478 g/mol. The third kappa shape index (κ3) is 5.73. The average Bonchev–Trinajstić information content (AvgIpc) is 3.23. The SMILES string of the molecule is C=CC(=O)Nc1cc(Nc2cc(-c3cn(C)c4ccccc34)nc(C)n2)c(C=O)cc1N(C)CCN(C)C. The van der Waals surface area contributed by atoms with Crippen molar-refractivity contribution in [2.45, 2.75) is 6.92 Å². The smallest absolute Gasteiger partial charge is 0.247 e. The molecule has 0 saturated heterocycles. The second-order valence-electron chi connectivity index (χ2n) is 9.47. The number of aromatic nitrogens is 3. The van der Waals surface area contributed by atoms with Gasteiger partial charge in [0.2, 0.25) is 5.91 Å². The van der Waals surface area contributed by atoms with Gasteiger partial charge >= 0.3 is 0 Å². The highest BCUT2D eigenvalue weighted by atomic mass is 16.1. The zero-order valence-electron chi connectivity index (χ0n) is 22.4. The summed E-state index contributed by atoms with van der Waals surface area (Å²) < 4.78 is 2.07. The molecule has 0 radical (unpaired) electrons. The third-order valence-corrected chi connectivity index (χ3v) is 6.31. The summed E-state index contributed by atoms with van der Waals surface area (Å²) in [5, 5.41) is 7.25. The molecular formula is C29H33N7O2. The van der Waals surface area contributed by atoms with Crippen molar-refractivity contribution in [2.75, 3.05) is 49.8 Å². The number of aldehydes is 1. The van der Waals surface area contributed by atoms with Gasteiger partial charge in [0, 0.05) is 61.5 Å². The van der Waals surface area contributed by atoms with E-state index in [9.17, 15) is 9.59 Å². The Morgan fingerprint density at radius 1 is 1.08 bits per heavy atom. The number of rotatable bonds is 10. The fraction of sp³-hybridized carbons (Fsp3) is 0.241. The summed E-state index contributed by atoms with van der Waals surface area (Å²) in [4.78, 5) is 37.7. The minimum atomic E-state index is -0.340. The first-order chi connectivity index (χ1) is 18.2. The maximum Gasteiger partial charge on any atom is 0.247 e. The molecule has 0 aliphatic heterocycles. The van der Waals surface area contributed by atoms with Gasteiger partial charge in [-0.2, -0.15) is 0 Å². The van der Waals surface area contributed by atoms with Gasteiger partial charge in [0.1, 0.15) is 11.6 Å². The minimum Gasteiger partial charge on any atom is -0.372 e. The van der Waals surface area contributed by atoms with Gasteiger partial charge in [-0.25, -0.2) is 9.97 Å². The summed E-state index contributed by atoms with van der Waals surface area (Å²) in [6.45, 7) is 6.90. The molecule has 2 heterocycles. The summed E-state index contributed by atoms with van der Waals surface area (Å²) in [5.74, 6) is 0.789. The summed E-state index contributed by atoms with van der Waals surface area (Å²) in [7, 11) is 7.92. The lowest BCUT2D eigenvalue weighted by Gasteiger charge is -2.25. The van der Waals surface area contributed by atoms with Gasteiger partial charge in [0.25, 0.3) is 0 Å². The van der Waals surface area contributed by atoms with Crippen molar-refractivity contribution in [1.82, 2.24) is 19.4 Å². The topological polar surface area (TPSA) is 95.4 Å². The van der Waals surface area contributed by atoms with E-state index in [-0.39, 0.29) is 5.91 Å². The molecule has 2 aromatic heterocycles. The van der Waals surface area contributed by atoms with Crippen LogP contribution in [-0.4, -0.2) is 65.9 Å². The standard InChI is InChI=1S/C29H33N7O2/c1-7-29(38)33-25-15-23(20(18-37)14-27(25)35(5)13-12-34(3)4)32-28-16-24(30-19(2)31-28)22-17-36(6)26-11-9-8-10-21(22)26/h7-11,14-18H,1,12-13H2,2-6H3,(H,33,38)(H,30,31,32). The summed E-state index contributed by atoms with van der Waals surface area (Å²) in [6, 6.07) is 13.5. The van der Waals surface area contributed by atoms with Crippen molar-refractivity contribution in [2.24, 2.45) is 7.05 Å². The van der Waals surface area contributed by atoms with Gasteiger partial charge in [-0.1, -0.05) is 24.8 Å². The first-order valence-electron chi connectivity index (χ1n) is 12.3. The predicted octanol–water partition coefficient (Wildman–Crippen LogP) is 4.62. The Kier molecular flexibility index (Phi) is 7.87. The number of benzene rings is 2. The lowest BCUT2D eigenvalue weighted by atomic mass is 10.1. The van der Waals surface area contributed by atoms with Crippen molar-refractivity contribution in [3.8, 4) is 11.3 Å². The Balaban J connectivity index is 1.75. The molecule has 9 heteroatoms. The number of hydrogen-bond acceptors (Lipinski definition) is 7. The zero-order valence-corrected chi connectivity index (χ0v) is 22.4. The molecule has 9 nitrogen and oxygen atoms in total. The van der Waals surface area contributed by atoms with Gasteiger partial charge in [-0.05, 0) is 45.3 Å². The quantitative estimate of drug-likeness (QED) is 0.237. The number of aryl methyl sites for hydroxylation is 2. The number of hydrogen-bond donors (Lipinski definition) is 2. The predicted molar refractivity (Wildman–Crippen MR) is 154 cm³/mol. The zero-order chi connectivity index (χ0) is 27.4. The number of fused-ring (bicyclic) bond motifs is 1. The van der Waals surface area contributed by atoms with E-state index < -0.39 is 0 Å². The Bertz CT molecular complexity index is 1510. The molecule has 0 bridgehead atoms. The largest absolute Gasteiger partial charge is 0.372 e. The third-order valence-electron chi connectivity index (χ3n) is 6.31. The molecule has 0 unspecified atom stereocenters. The van der Waals surface area contributed by atoms with Gasteiger partial charge in [-0.3, -0.25) is 9.59 Å². The molecule has 0 aliphatic rings. The highest BCUT2D eigenvalue weighted by molar-refractivity contribution is 6.03. The highest BCUT2D eigenvalue weighted by Crippen LogP contribution is 2.34. The van der Waals surface area contributed by atoms with Crippen LogP contribution in [0.15, 0.2) is 61.3 Å². The van der Waals surface area contributed by atoms with Gasteiger partial charge in [0.15, 0.2) is 6.29 Å². The maximum atomic E-state index is 12.2. The first kappa shape index (κ1) is 26.6. The van der Waals surface area contributed by atoms with E-state index in [1.165, 1.54) is 6.08 Å². The summed E-state index contributed by atoms with van der Waals surface area (Å²) in [5.41, 5.74) is 5.11. The van der Waals surface area contributed by atoms with Crippen LogP contribution in [-0.2, 0) is 11.8 Å². The fourth-order valence-corrected chi connectivity index (χ4v) is 4.33. The van der Waals surface area contributed by atoms with Crippen LogP contribution >= 0.6 is 0 Å². The van der Waals surface area contributed by atoms with Crippen LogP contribution in [0.3, 0.4) is 0 Å². The lowest BCUT2D eigenvalue weighted by molar-refractivity contribution is -0.111. The van der Waals surface area contributed by atoms with Gasteiger partial charge in [-0.15, -0.1) is 0 Å². The van der Waals surface area contributed by atoms with E-state index in [0.29, 0.717) is 35.1 Å². The number of carbonyl (C=O) groups is 2. The van der Waals surface area contributed by atoms with Crippen LogP contribution < -0.4 is 15.5 Å². The maximum absolute atomic E-state index is 12.2.